The van der Waals surface area contributed by atoms with Crippen molar-refractivity contribution in [2.45, 2.75) is 84.1 Å². The van der Waals surface area contributed by atoms with Crippen molar-refractivity contribution >= 4 is 28.9 Å². The fourth-order valence-electron chi connectivity index (χ4n) is 5.12. The van der Waals surface area contributed by atoms with Gasteiger partial charge in [-0.25, -0.2) is 4.79 Å². The molecule has 1 aromatic rings. The van der Waals surface area contributed by atoms with Crippen LogP contribution in [-0.4, -0.2) is 48.5 Å². The number of hydrogen-bond acceptors (Lipinski definition) is 6. The van der Waals surface area contributed by atoms with E-state index in [0.29, 0.717) is 27.8 Å². The highest BCUT2D eigenvalue weighted by molar-refractivity contribution is 7.14. The van der Waals surface area contributed by atoms with Crippen LogP contribution in [0.4, 0.5) is 5.69 Å². The minimum absolute atomic E-state index is 0.107. The van der Waals surface area contributed by atoms with Crippen molar-refractivity contribution in [3.8, 4) is 0 Å². The number of hydrogen-bond donors (Lipinski definition) is 2. The maximum atomic E-state index is 13.7. The van der Waals surface area contributed by atoms with Gasteiger partial charge in [-0.1, -0.05) is 20.8 Å². The quantitative estimate of drug-likeness (QED) is 0.569. The van der Waals surface area contributed by atoms with Gasteiger partial charge in [0, 0.05) is 10.8 Å². The zero-order chi connectivity index (χ0) is 23.5. The molecule has 2 fully saturated rings. The molecule has 1 heterocycles. The van der Waals surface area contributed by atoms with Crippen LogP contribution in [0.25, 0.3) is 0 Å². The summed E-state index contributed by atoms with van der Waals surface area (Å²) in [7, 11) is 1.35. The van der Waals surface area contributed by atoms with Gasteiger partial charge < -0.3 is 19.8 Å². The molecule has 0 bridgehead atoms. The molecule has 0 spiro atoms. The molecule has 2 aliphatic rings. The van der Waals surface area contributed by atoms with Gasteiger partial charge >= 0.3 is 5.97 Å². The summed E-state index contributed by atoms with van der Waals surface area (Å²) in [5.41, 5.74) is 0.819. The van der Waals surface area contributed by atoms with Crippen LogP contribution in [0, 0.1) is 17.3 Å². The third-order valence-electron chi connectivity index (χ3n) is 7.49. The van der Waals surface area contributed by atoms with Crippen LogP contribution in [0.1, 0.15) is 92.6 Å². The number of anilines is 1. The first-order valence-corrected chi connectivity index (χ1v) is 12.8. The van der Waals surface area contributed by atoms with E-state index in [1.54, 1.807) is 0 Å². The van der Waals surface area contributed by atoms with Crippen molar-refractivity contribution < 1.29 is 24.5 Å². The van der Waals surface area contributed by atoms with Crippen molar-refractivity contribution in [3.63, 3.8) is 0 Å². The molecule has 3 rings (SSSR count). The zero-order valence-electron chi connectivity index (χ0n) is 19.9. The maximum absolute atomic E-state index is 13.7. The molecule has 0 aromatic carbocycles. The molecule has 6 nitrogen and oxygen atoms in total. The average molecular weight is 466 g/mol. The summed E-state index contributed by atoms with van der Waals surface area (Å²) >= 11 is 1.40. The number of carbonyl (C=O) groups is 2. The Morgan fingerprint density at radius 2 is 1.72 bits per heavy atom. The molecular formula is C25H39NO5S. The molecule has 2 aliphatic carbocycles. The standard InChI is InChI=1S/C25H39NO5S/c1-16-5-7-18(8-6-16)23(29)26(19(14-27)15-28)20-13-21(32-22(20)24(30)31-4)17-9-11-25(2,3)12-10-17/h13,16-19,27-28H,5-12,14-15H2,1-4H3. The van der Waals surface area contributed by atoms with Gasteiger partial charge in [0.2, 0.25) is 5.91 Å². The highest BCUT2D eigenvalue weighted by atomic mass is 32.1. The monoisotopic (exact) mass is 465 g/mol. The first kappa shape index (κ1) is 25.2. The van der Waals surface area contributed by atoms with Crippen LogP contribution in [0.2, 0.25) is 0 Å². The fraction of sp³-hybridized carbons (Fsp3) is 0.760. The molecule has 32 heavy (non-hydrogen) atoms. The Hall–Kier alpha value is -1.44. The number of thiophene rings is 1. The van der Waals surface area contributed by atoms with Crippen molar-refractivity contribution in [3.05, 3.63) is 15.8 Å². The number of methoxy groups -OCH3 is 1. The Balaban J connectivity index is 1.97. The van der Waals surface area contributed by atoms with Gasteiger partial charge in [0.25, 0.3) is 0 Å². The molecule has 0 atom stereocenters. The highest BCUT2D eigenvalue weighted by Crippen LogP contribution is 2.46. The lowest BCUT2D eigenvalue weighted by Crippen LogP contribution is -2.48. The Kier molecular flexibility index (Phi) is 8.39. The topological polar surface area (TPSA) is 87.1 Å². The zero-order valence-corrected chi connectivity index (χ0v) is 20.7. The van der Waals surface area contributed by atoms with Crippen LogP contribution in [0.3, 0.4) is 0 Å². The lowest BCUT2D eigenvalue weighted by atomic mass is 9.73. The van der Waals surface area contributed by atoms with E-state index < -0.39 is 12.0 Å². The summed E-state index contributed by atoms with van der Waals surface area (Å²) in [6.07, 6.45) is 7.91. The number of aliphatic hydroxyl groups is 2. The van der Waals surface area contributed by atoms with E-state index in [4.69, 9.17) is 4.74 Å². The fourth-order valence-corrected chi connectivity index (χ4v) is 6.36. The molecule has 7 heteroatoms. The van der Waals surface area contributed by atoms with Gasteiger partial charge in [-0.2, -0.15) is 0 Å². The summed E-state index contributed by atoms with van der Waals surface area (Å²) in [6, 6.07) is 1.17. The normalized spacial score (nSPS) is 23.8. The van der Waals surface area contributed by atoms with Gasteiger partial charge in [0.1, 0.15) is 4.88 Å². The number of nitrogens with zero attached hydrogens (tertiary/aromatic N) is 1. The van der Waals surface area contributed by atoms with E-state index in [-0.39, 0.29) is 25.0 Å². The number of aliphatic hydroxyl groups excluding tert-OH is 2. The summed E-state index contributed by atoms with van der Waals surface area (Å²) in [5, 5.41) is 20.0. The van der Waals surface area contributed by atoms with Gasteiger partial charge in [-0.3, -0.25) is 4.79 Å². The summed E-state index contributed by atoms with van der Waals surface area (Å²) in [5.74, 6) is 0.213. The van der Waals surface area contributed by atoms with Crippen LogP contribution >= 0.6 is 11.3 Å². The van der Waals surface area contributed by atoms with Gasteiger partial charge in [-0.15, -0.1) is 11.3 Å². The van der Waals surface area contributed by atoms with Crippen molar-refractivity contribution in [1.82, 2.24) is 0 Å². The highest BCUT2D eigenvalue weighted by Gasteiger charge is 2.37. The number of carbonyl (C=O) groups excluding carboxylic acids is 2. The molecule has 0 radical (unpaired) electrons. The predicted octanol–water partition coefficient (Wildman–Crippen LogP) is 4.73. The third-order valence-corrected chi connectivity index (χ3v) is 8.76. The van der Waals surface area contributed by atoms with Gasteiger partial charge in [0.05, 0.1) is 32.1 Å². The van der Waals surface area contributed by atoms with Gasteiger partial charge in [-0.05, 0) is 74.7 Å². The summed E-state index contributed by atoms with van der Waals surface area (Å²) in [4.78, 5) is 29.3. The van der Waals surface area contributed by atoms with E-state index in [1.165, 1.54) is 23.3 Å². The lowest BCUT2D eigenvalue weighted by Gasteiger charge is -2.35. The second-order valence-corrected chi connectivity index (χ2v) is 11.6. The molecule has 180 valence electrons. The summed E-state index contributed by atoms with van der Waals surface area (Å²) in [6.45, 7) is 6.06. The lowest BCUT2D eigenvalue weighted by molar-refractivity contribution is -0.124. The molecule has 1 amide bonds. The van der Waals surface area contributed by atoms with Crippen LogP contribution in [0.5, 0.6) is 0 Å². The molecule has 2 saturated carbocycles. The van der Waals surface area contributed by atoms with Gasteiger partial charge in [0.15, 0.2) is 0 Å². The third kappa shape index (κ3) is 5.54. The number of rotatable bonds is 7. The minimum atomic E-state index is -0.780. The summed E-state index contributed by atoms with van der Waals surface area (Å²) < 4.78 is 5.06. The van der Waals surface area contributed by atoms with Crippen molar-refractivity contribution in [1.29, 1.82) is 0 Å². The first-order chi connectivity index (χ1) is 15.2. The van der Waals surface area contributed by atoms with Crippen LogP contribution in [0.15, 0.2) is 6.07 Å². The second-order valence-electron chi connectivity index (χ2n) is 10.5. The number of esters is 1. The maximum Gasteiger partial charge on any atom is 0.350 e. The first-order valence-electron chi connectivity index (χ1n) is 12.0. The number of amides is 1. The van der Waals surface area contributed by atoms with Crippen LogP contribution in [-0.2, 0) is 9.53 Å². The van der Waals surface area contributed by atoms with Crippen LogP contribution < -0.4 is 4.90 Å². The number of ether oxygens (including phenoxy) is 1. The van der Waals surface area contributed by atoms with E-state index in [2.05, 4.69) is 20.8 Å². The molecule has 0 saturated heterocycles. The Morgan fingerprint density at radius 1 is 1.12 bits per heavy atom. The van der Waals surface area contributed by atoms with E-state index in [1.807, 2.05) is 6.07 Å². The SMILES string of the molecule is COC(=O)c1sc(C2CCC(C)(C)CC2)cc1N(C(=O)C1CCC(C)CC1)C(CO)CO. The Morgan fingerprint density at radius 3 is 2.25 bits per heavy atom. The Labute approximate surface area is 196 Å². The molecule has 1 aromatic heterocycles. The van der Waals surface area contributed by atoms with E-state index in [9.17, 15) is 19.8 Å². The van der Waals surface area contributed by atoms with E-state index >= 15 is 0 Å². The predicted molar refractivity (Wildman–Crippen MR) is 127 cm³/mol. The molecular weight excluding hydrogens is 426 g/mol. The smallest absolute Gasteiger partial charge is 0.350 e. The largest absolute Gasteiger partial charge is 0.465 e. The van der Waals surface area contributed by atoms with Crippen molar-refractivity contribution in [2.75, 3.05) is 25.2 Å². The Bertz CT molecular complexity index is 782. The minimum Gasteiger partial charge on any atom is -0.465 e. The molecule has 0 unspecified atom stereocenters. The average Bonchev–Trinajstić information content (AvgIpc) is 3.21. The second kappa shape index (κ2) is 10.7. The molecule has 2 N–H and O–H groups in total. The van der Waals surface area contributed by atoms with Crippen molar-refractivity contribution in [2.24, 2.45) is 17.3 Å². The molecule has 0 aliphatic heterocycles. The van der Waals surface area contributed by atoms with E-state index in [0.717, 1.165) is 56.2 Å².